The van der Waals surface area contributed by atoms with E-state index in [0.29, 0.717) is 6.54 Å². The van der Waals surface area contributed by atoms with Crippen LogP contribution >= 0.6 is 11.6 Å². The molecule has 0 bridgehead atoms. The first-order valence-electron chi connectivity index (χ1n) is 5.58. The summed E-state index contributed by atoms with van der Waals surface area (Å²) in [6.07, 6.45) is 1.59. The Labute approximate surface area is 108 Å². The molecule has 1 unspecified atom stereocenters. The molecule has 1 aromatic carbocycles. The molecule has 1 aliphatic rings. The molecule has 0 amide bonds. The van der Waals surface area contributed by atoms with Gasteiger partial charge in [0.2, 0.25) is 0 Å². The van der Waals surface area contributed by atoms with Crippen LogP contribution in [0.15, 0.2) is 12.1 Å². The van der Waals surface area contributed by atoms with E-state index in [1.54, 1.807) is 0 Å². The van der Waals surface area contributed by atoms with Crippen molar-refractivity contribution in [2.24, 2.45) is 0 Å². The molecule has 1 fully saturated rings. The number of halogens is 2. The minimum absolute atomic E-state index is 0.0140. The van der Waals surface area contributed by atoms with E-state index in [9.17, 15) is 14.5 Å². The Morgan fingerprint density at radius 2 is 2.33 bits per heavy atom. The third kappa shape index (κ3) is 2.88. The van der Waals surface area contributed by atoms with Crippen LogP contribution in [0.5, 0.6) is 5.75 Å². The van der Waals surface area contributed by atoms with Crippen molar-refractivity contribution in [1.29, 1.82) is 0 Å². The van der Waals surface area contributed by atoms with E-state index in [4.69, 9.17) is 16.3 Å². The molecule has 18 heavy (non-hydrogen) atoms. The van der Waals surface area contributed by atoms with E-state index in [1.165, 1.54) is 0 Å². The molecule has 2 rings (SSSR count). The lowest BCUT2D eigenvalue weighted by Gasteiger charge is -2.23. The Bertz CT molecular complexity index is 464. The zero-order chi connectivity index (χ0) is 13.1. The first kappa shape index (κ1) is 13.0. The first-order chi connectivity index (χ1) is 8.58. The number of nitro benzene ring substituents is 1. The summed E-state index contributed by atoms with van der Waals surface area (Å²) >= 11 is 5.61. The van der Waals surface area contributed by atoms with Gasteiger partial charge in [0.05, 0.1) is 16.0 Å². The van der Waals surface area contributed by atoms with Gasteiger partial charge in [0.15, 0.2) is 5.75 Å². The van der Waals surface area contributed by atoms with E-state index in [-0.39, 0.29) is 16.9 Å². The standard InChI is InChI=1S/C11H12ClFN2O3/c12-8-4-11(10(15(16)17)5-9(8)13)18-7-2-1-3-14-6-7/h4-5,7,14H,1-3,6H2. The van der Waals surface area contributed by atoms with Gasteiger partial charge < -0.3 is 10.1 Å². The topological polar surface area (TPSA) is 64.4 Å². The van der Waals surface area contributed by atoms with E-state index < -0.39 is 16.4 Å². The second-order valence-corrected chi connectivity index (χ2v) is 4.48. The molecular formula is C11H12ClFN2O3. The second-order valence-electron chi connectivity index (χ2n) is 4.08. The van der Waals surface area contributed by atoms with Gasteiger partial charge in [-0.2, -0.15) is 0 Å². The summed E-state index contributed by atoms with van der Waals surface area (Å²) in [6.45, 7) is 1.53. The second kappa shape index (κ2) is 5.49. The molecule has 98 valence electrons. The fourth-order valence-electron chi connectivity index (χ4n) is 1.86. The molecule has 0 saturated carbocycles. The van der Waals surface area contributed by atoms with Crippen LogP contribution in [0.2, 0.25) is 5.02 Å². The van der Waals surface area contributed by atoms with Crippen molar-refractivity contribution in [3.8, 4) is 5.75 Å². The average Bonchev–Trinajstić information content (AvgIpc) is 2.34. The Hall–Kier alpha value is -1.40. The van der Waals surface area contributed by atoms with Gasteiger partial charge in [-0.25, -0.2) is 4.39 Å². The van der Waals surface area contributed by atoms with Crippen LogP contribution in [0, 0.1) is 15.9 Å². The number of rotatable bonds is 3. The zero-order valence-corrected chi connectivity index (χ0v) is 10.2. The van der Waals surface area contributed by atoms with Crippen LogP contribution in [-0.2, 0) is 0 Å². The van der Waals surface area contributed by atoms with Gasteiger partial charge >= 0.3 is 5.69 Å². The molecule has 1 atom stereocenters. The van der Waals surface area contributed by atoms with E-state index in [0.717, 1.165) is 31.5 Å². The number of hydrogen-bond acceptors (Lipinski definition) is 4. The summed E-state index contributed by atoms with van der Waals surface area (Å²) in [5.74, 6) is -0.808. The Morgan fingerprint density at radius 1 is 1.56 bits per heavy atom. The molecule has 0 aliphatic carbocycles. The zero-order valence-electron chi connectivity index (χ0n) is 9.49. The molecule has 7 heteroatoms. The Balaban J connectivity index is 2.24. The smallest absolute Gasteiger partial charge is 0.313 e. The largest absolute Gasteiger partial charge is 0.482 e. The minimum Gasteiger partial charge on any atom is -0.482 e. The van der Waals surface area contributed by atoms with Gasteiger partial charge in [0.25, 0.3) is 0 Å². The van der Waals surface area contributed by atoms with Crippen LogP contribution < -0.4 is 10.1 Å². The Kier molecular flexibility index (Phi) is 3.98. The van der Waals surface area contributed by atoms with Gasteiger partial charge in [-0.3, -0.25) is 10.1 Å². The molecule has 0 radical (unpaired) electrons. The predicted octanol–water partition coefficient (Wildman–Crippen LogP) is 2.52. The highest BCUT2D eigenvalue weighted by molar-refractivity contribution is 6.31. The van der Waals surface area contributed by atoms with Crippen LogP contribution in [0.25, 0.3) is 0 Å². The highest BCUT2D eigenvalue weighted by Gasteiger charge is 2.23. The number of hydrogen-bond donors (Lipinski definition) is 1. The molecule has 0 spiro atoms. The van der Waals surface area contributed by atoms with Gasteiger partial charge in [-0.15, -0.1) is 0 Å². The maximum atomic E-state index is 13.2. The number of ether oxygens (including phenoxy) is 1. The molecule has 5 nitrogen and oxygen atoms in total. The lowest BCUT2D eigenvalue weighted by atomic mass is 10.1. The summed E-state index contributed by atoms with van der Waals surface area (Å²) in [5.41, 5.74) is -0.400. The van der Waals surface area contributed by atoms with Gasteiger partial charge in [-0.05, 0) is 19.4 Å². The number of nitro groups is 1. The maximum Gasteiger partial charge on any atom is 0.313 e. The monoisotopic (exact) mass is 274 g/mol. The van der Waals surface area contributed by atoms with Crippen molar-refractivity contribution < 1.29 is 14.1 Å². The highest BCUT2D eigenvalue weighted by atomic mass is 35.5. The highest BCUT2D eigenvalue weighted by Crippen LogP contribution is 2.33. The summed E-state index contributed by atoms with van der Waals surface area (Å²) in [7, 11) is 0. The summed E-state index contributed by atoms with van der Waals surface area (Å²) < 4.78 is 18.7. The van der Waals surface area contributed by atoms with Gasteiger partial charge in [0.1, 0.15) is 11.9 Å². The molecule has 1 aliphatic heterocycles. The average molecular weight is 275 g/mol. The molecule has 1 saturated heterocycles. The SMILES string of the molecule is O=[N+]([O-])c1cc(F)c(Cl)cc1OC1CCCNC1. The predicted molar refractivity (Wildman–Crippen MR) is 64.6 cm³/mol. The van der Waals surface area contributed by atoms with Gasteiger partial charge in [-0.1, -0.05) is 11.6 Å². The first-order valence-corrected chi connectivity index (χ1v) is 5.96. The third-order valence-corrected chi connectivity index (χ3v) is 3.03. The van der Waals surface area contributed by atoms with Crippen LogP contribution in [0.1, 0.15) is 12.8 Å². The molecule has 0 aromatic heterocycles. The van der Waals surface area contributed by atoms with Crippen molar-refractivity contribution in [1.82, 2.24) is 5.32 Å². The summed E-state index contributed by atoms with van der Waals surface area (Å²) in [5, 5.41) is 13.8. The van der Waals surface area contributed by atoms with Gasteiger partial charge in [0, 0.05) is 12.6 Å². The van der Waals surface area contributed by atoms with Crippen molar-refractivity contribution in [2.75, 3.05) is 13.1 Å². The Morgan fingerprint density at radius 3 is 2.94 bits per heavy atom. The minimum atomic E-state index is -0.822. The molecule has 1 aromatic rings. The molecule has 1 N–H and O–H groups in total. The fraction of sp³-hybridized carbons (Fsp3) is 0.455. The van der Waals surface area contributed by atoms with Crippen LogP contribution in [0.3, 0.4) is 0 Å². The fourth-order valence-corrected chi connectivity index (χ4v) is 2.01. The lowest BCUT2D eigenvalue weighted by molar-refractivity contribution is -0.386. The van der Waals surface area contributed by atoms with Crippen molar-refractivity contribution in [3.05, 3.63) is 33.1 Å². The third-order valence-electron chi connectivity index (χ3n) is 2.74. The molecule has 1 heterocycles. The van der Waals surface area contributed by atoms with E-state index in [2.05, 4.69) is 5.32 Å². The van der Waals surface area contributed by atoms with E-state index in [1.807, 2.05) is 0 Å². The lowest BCUT2D eigenvalue weighted by Crippen LogP contribution is -2.37. The van der Waals surface area contributed by atoms with Crippen LogP contribution in [-0.4, -0.2) is 24.1 Å². The van der Waals surface area contributed by atoms with E-state index >= 15 is 0 Å². The molecular weight excluding hydrogens is 263 g/mol. The number of nitrogens with zero attached hydrogens (tertiary/aromatic N) is 1. The number of benzene rings is 1. The van der Waals surface area contributed by atoms with Crippen molar-refractivity contribution in [2.45, 2.75) is 18.9 Å². The number of nitrogens with one attached hydrogen (secondary N) is 1. The maximum absolute atomic E-state index is 13.2. The summed E-state index contributed by atoms with van der Waals surface area (Å²) in [6, 6.07) is 1.94. The van der Waals surface area contributed by atoms with Crippen molar-refractivity contribution >= 4 is 17.3 Å². The summed E-state index contributed by atoms with van der Waals surface area (Å²) in [4.78, 5) is 10.2. The van der Waals surface area contributed by atoms with Crippen LogP contribution in [0.4, 0.5) is 10.1 Å². The number of piperidine rings is 1. The normalized spacial score (nSPS) is 19.6. The van der Waals surface area contributed by atoms with Crippen molar-refractivity contribution in [3.63, 3.8) is 0 Å². The quantitative estimate of drug-likeness (QED) is 0.679.